The maximum Gasteiger partial charge on any atom is 0.320 e. The van der Waals surface area contributed by atoms with Crippen LogP contribution in [0.15, 0.2) is 28.8 Å². The lowest BCUT2D eigenvalue weighted by molar-refractivity contribution is 0.247. The normalized spacial score (nSPS) is 10.2. The molecular formula is C13H13ClFN3O3. The van der Waals surface area contributed by atoms with Crippen molar-refractivity contribution < 1.29 is 18.4 Å². The highest BCUT2D eigenvalue weighted by Gasteiger charge is 2.06. The molecule has 0 atom stereocenters. The Bertz CT molecular complexity index is 633. The molecule has 0 fully saturated rings. The number of hydrogen-bond donors (Lipinski definition) is 2. The third kappa shape index (κ3) is 4.64. The van der Waals surface area contributed by atoms with Gasteiger partial charge < -0.3 is 14.6 Å². The van der Waals surface area contributed by atoms with Gasteiger partial charge in [0.05, 0.1) is 11.6 Å². The summed E-state index contributed by atoms with van der Waals surface area (Å²) in [4.78, 5) is 11.5. The smallest absolute Gasteiger partial charge is 0.320 e. The molecule has 0 aliphatic carbocycles. The molecule has 1 aromatic heterocycles. The maximum absolute atomic E-state index is 12.8. The van der Waals surface area contributed by atoms with Gasteiger partial charge in [0.1, 0.15) is 23.9 Å². The van der Waals surface area contributed by atoms with Gasteiger partial charge in [-0.3, -0.25) is 5.32 Å². The van der Waals surface area contributed by atoms with Crippen LogP contribution in [0.4, 0.5) is 15.0 Å². The number of anilines is 1. The fourth-order valence-electron chi connectivity index (χ4n) is 1.50. The van der Waals surface area contributed by atoms with Gasteiger partial charge >= 0.3 is 6.03 Å². The van der Waals surface area contributed by atoms with Crippen LogP contribution in [0.1, 0.15) is 5.76 Å². The van der Waals surface area contributed by atoms with Gasteiger partial charge in [0.15, 0.2) is 5.82 Å². The first-order valence-electron chi connectivity index (χ1n) is 6.10. The second-order valence-corrected chi connectivity index (χ2v) is 4.53. The first-order chi connectivity index (χ1) is 10.0. The molecule has 2 rings (SSSR count). The van der Waals surface area contributed by atoms with Gasteiger partial charge in [-0.25, -0.2) is 9.18 Å². The molecule has 0 aliphatic heterocycles. The largest absolute Gasteiger partial charge is 0.490 e. The molecule has 2 aromatic rings. The Hall–Kier alpha value is -2.28. The summed E-state index contributed by atoms with van der Waals surface area (Å²) in [7, 11) is 0. The highest BCUT2D eigenvalue weighted by Crippen LogP contribution is 2.24. The lowest BCUT2D eigenvalue weighted by Gasteiger charge is -2.09. The number of nitrogens with zero attached hydrogens (tertiary/aromatic N) is 1. The minimum absolute atomic E-state index is 0.178. The zero-order valence-corrected chi connectivity index (χ0v) is 11.9. The van der Waals surface area contributed by atoms with Gasteiger partial charge in [-0.15, -0.1) is 0 Å². The van der Waals surface area contributed by atoms with Crippen molar-refractivity contribution in [3.05, 3.63) is 40.9 Å². The Morgan fingerprint density at radius 1 is 1.48 bits per heavy atom. The predicted molar refractivity (Wildman–Crippen MR) is 75.2 cm³/mol. The molecule has 0 spiro atoms. The number of carbonyl (C=O) groups excluding carboxylic acids is 1. The van der Waals surface area contributed by atoms with E-state index in [0.717, 1.165) is 6.07 Å². The molecule has 0 bridgehead atoms. The van der Waals surface area contributed by atoms with Crippen molar-refractivity contribution in [3.63, 3.8) is 0 Å². The summed E-state index contributed by atoms with van der Waals surface area (Å²) in [5, 5.41) is 8.86. The Morgan fingerprint density at radius 3 is 2.95 bits per heavy atom. The van der Waals surface area contributed by atoms with Gasteiger partial charge in [0, 0.05) is 6.07 Å². The van der Waals surface area contributed by atoms with Crippen molar-refractivity contribution in [3.8, 4) is 5.75 Å². The van der Waals surface area contributed by atoms with Crippen LogP contribution in [-0.2, 0) is 0 Å². The number of amides is 2. The number of ether oxygens (including phenoxy) is 1. The van der Waals surface area contributed by atoms with E-state index in [1.807, 2.05) is 0 Å². The third-order valence-electron chi connectivity index (χ3n) is 2.41. The maximum atomic E-state index is 12.8. The minimum atomic E-state index is -0.437. The highest BCUT2D eigenvalue weighted by atomic mass is 35.5. The summed E-state index contributed by atoms with van der Waals surface area (Å²) in [6, 6.07) is 4.99. The average Bonchev–Trinajstić information content (AvgIpc) is 2.82. The van der Waals surface area contributed by atoms with E-state index < -0.39 is 11.8 Å². The average molecular weight is 314 g/mol. The fourth-order valence-corrected chi connectivity index (χ4v) is 1.73. The van der Waals surface area contributed by atoms with Gasteiger partial charge in [-0.2, -0.15) is 0 Å². The van der Waals surface area contributed by atoms with E-state index in [1.165, 1.54) is 12.1 Å². The molecule has 1 aromatic carbocycles. The number of carbonyl (C=O) groups is 1. The molecule has 8 heteroatoms. The Kier molecular flexibility index (Phi) is 4.99. The number of nitrogens with one attached hydrogen (secondary N) is 2. The fraction of sp³-hybridized carbons (Fsp3) is 0.231. The number of hydrogen-bond acceptors (Lipinski definition) is 4. The van der Waals surface area contributed by atoms with Crippen LogP contribution in [0, 0.1) is 12.7 Å². The zero-order valence-electron chi connectivity index (χ0n) is 11.2. The van der Waals surface area contributed by atoms with Crippen molar-refractivity contribution in [1.29, 1.82) is 0 Å². The van der Waals surface area contributed by atoms with Crippen molar-refractivity contribution in [2.75, 3.05) is 18.5 Å². The quantitative estimate of drug-likeness (QED) is 0.832. The van der Waals surface area contributed by atoms with E-state index in [1.54, 1.807) is 13.0 Å². The predicted octanol–water partition coefficient (Wildman–Crippen LogP) is 2.98. The summed E-state index contributed by atoms with van der Waals surface area (Å²) in [5.41, 5.74) is 0. The van der Waals surface area contributed by atoms with Gasteiger partial charge in [0.2, 0.25) is 0 Å². The zero-order chi connectivity index (χ0) is 15.2. The van der Waals surface area contributed by atoms with Crippen LogP contribution in [-0.4, -0.2) is 24.3 Å². The number of halogens is 2. The topological polar surface area (TPSA) is 76.4 Å². The van der Waals surface area contributed by atoms with Crippen molar-refractivity contribution in [1.82, 2.24) is 10.5 Å². The standard InChI is InChI=1S/C13H13ClFN3O3/c1-8-6-12(18-21-8)17-13(19)16-4-5-20-11-3-2-9(15)7-10(11)14/h2-3,6-7H,4-5H2,1H3,(H2,16,17,18,19). The van der Waals surface area contributed by atoms with E-state index in [0.29, 0.717) is 17.3 Å². The van der Waals surface area contributed by atoms with E-state index in [-0.39, 0.29) is 18.2 Å². The SMILES string of the molecule is Cc1cc(NC(=O)NCCOc2ccc(F)cc2Cl)no1. The van der Waals surface area contributed by atoms with E-state index >= 15 is 0 Å². The molecule has 21 heavy (non-hydrogen) atoms. The first kappa shape index (κ1) is 15.1. The van der Waals surface area contributed by atoms with Crippen LogP contribution in [0.25, 0.3) is 0 Å². The monoisotopic (exact) mass is 313 g/mol. The minimum Gasteiger partial charge on any atom is -0.490 e. The molecular weight excluding hydrogens is 301 g/mol. The lowest BCUT2D eigenvalue weighted by Crippen LogP contribution is -2.32. The molecule has 2 amide bonds. The first-order valence-corrected chi connectivity index (χ1v) is 6.48. The molecule has 0 unspecified atom stereocenters. The Morgan fingerprint density at radius 2 is 2.29 bits per heavy atom. The summed E-state index contributed by atoms with van der Waals surface area (Å²) < 4.78 is 23.0. The summed E-state index contributed by atoms with van der Waals surface area (Å²) in [5.74, 6) is 0.840. The van der Waals surface area contributed by atoms with Crippen LogP contribution >= 0.6 is 11.6 Å². The van der Waals surface area contributed by atoms with Crippen molar-refractivity contribution in [2.24, 2.45) is 0 Å². The van der Waals surface area contributed by atoms with Crippen LogP contribution in [0.3, 0.4) is 0 Å². The van der Waals surface area contributed by atoms with Crippen LogP contribution in [0.5, 0.6) is 5.75 Å². The van der Waals surface area contributed by atoms with Gasteiger partial charge in [-0.05, 0) is 25.1 Å². The number of rotatable bonds is 5. The van der Waals surface area contributed by atoms with E-state index in [2.05, 4.69) is 15.8 Å². The van der Waals surface area contributed by atoms with Crippen LogP contribution in [0.2, 0.25) is 5.02 Å². The van der Waals surface area contributed by atoms with Gasteiger partial charge in [0.25, 0.3) is 0 Å². The van der Waals surface area contributed by atoms with E-state index in [4.69, 9.17) is 20.9 Å². The Balaban J connectivity index is 1.70. The molecule has 0 aliphatic rings. The number of aromatic nitrogens is 1. The number of aryl methyl sites for hydroxylation is 1. The third-order valence-corrected chi connectivity index (χ3v) is 2.70. The molecule has 112 valence electrons. The number of urea groups is 1. The molecule has 1 heterocycles. The van der Waals surface area contributed by atoms with E-state index in [9.17, 15) is 9.18 Å². The van der Waals surface area contributed by atoms with Gasteiger partial charge in [-0.1, -0.05) is 16.8 Å². The molecule has 6 nitrogen and oxygen atoms in total. The highest BCUT2D eigenvalue weighted by molar-refractivity contribution is 6.32. The lowest BCUT2D eigenvalue weighted by atomic mass is 10.3. The van der Waals surface area contributed by atoms with Crippen molar-refractivity contribution >= 4 is 23.4 Å². The molecule has 0 saturated heterocycles. The van der Waals surface area contributed by atoms with Crippen molar-refractivity contribution in [2.45, 2.75) is 6.92 Å². The molecule has 2 N–H and O–H groups in total. The molecule has 0 radical (unpaired) electrons. The number of benzene rings is 1. The molecule has 0 saturated carbocycles. The Labute approximate surface area is 125 Å². The van der Waals surface area contributed by atoms with Crippen LogP contribution < -0.4 is 15.4 Å². The second kappa shape index (κ2) is 6.94. The summed E-state index contributed by atoms with van der Waals surface area (Å²) >= 11 is 5.80. The summed E-state index contributed by atoms with van der Waals surface area (Å²) in [6.07, 6.45) is 0. The summed E-state index contributed by atoms with van der Waals surface area (Å²) in [6.45, 7) is 2.16. The second-order valence-electron chi connectivity index (χ2n) is 4.13.